The molecule has 8 nitrogen and oxygen atoms in total. The zero-order valence-corrected chi connectivity index (χ0v) is 21.6. The van der Waals surface area contributed by atoms with E-state index in [0.717, 1.165) is 42.4 Å². The fraction of sp³-hybridized carbons (Fsp3) is 0.333. The highest BCUT2D eigenvalue weighted by Crippen LogP contribution is 2.34. The van der Waals surface area contributed by atoms with Crippen LogP contribution in [0.1, 0.15) is 41.8 Å². The minimum Gasteiger partial charge on any atom is -0.362 e. The topological polar surface area (TPSA) is 96.2 Å². The molecule has 0 bridgehead atoms. The number of amides is 1. The van der Waals surface area contributed by atoms with Gasteiger partial charge in [-0.3, -0.25) is 4.79 Å². The maximum atomic E-state index is 14.5. The van der Waals surface area contributed by atoms with Crippen LogP contribution < -0.4 is 15.5 Å². The minimum atomic E-state index is -0.560. The summed E-state index contributed by atoms with van der Waals surface area (Å²) in [5.74, 6) is 0.866. The number of para-hydroxylation sites is 1. The van der Waals surface area contributed by atoms with Gasteiger partial charge in [0.05, 0.1) is 16.1 Å². The van der Waals surface area contributed by atoms with Crippen LogP contribution in [0, 0.1) is 12.7 Å². The molecule has 0 saturated heterocycles. The van der Waals surface area contributed by atoms with E-state index in [-0.39, 0.29) is 39.8 Å². The maximum Gasteiger partial charge on any atom is 0.257 e. The fourth-order valence-electron chi connectivity index (χ4n) is 4.82. The molecule has 0 unspecified atom stereocenters. The summed E-state index contributed by atoms with van der Waals surface area (Å²) < 4.78 is 19.8. The number of carbonyl (C=O) groups is 1. The molecule has 0 aliphatic heterocycles. The van der Waals surface area contributed by atoms with Gasteiger partial charge in [0.1, 0.15) is 28.7 Å². The lowest BCUT2D eigenvalue weighted by Crippen LogP contribution is -2.40. The summed E-state index contributed by atoms with van der Waals surface area (Å²) in [5.41, 5.74) is 1.26. The molecule has 4 aromatic rings. The monoisotopic (exact) mass is 522 g/mol. The molecule has 1 fully saturated rings. The largest absolute Gasteiger partial charge is 0.362 e. The first-order valence-electron chi connectivity index (χ1n) is 12.2. The number of hydrogen-bond donors (Lipinski definition) is 2. The lowest BCUT2D eigenvalue weighted by Gasteiger charge is -2.30. The number of halogens is 2. The molecular formula is C27H28ClFN6O2. The standard InChI is InChI=1S/C27H28ClFN6O2/c1-15-22(24(34-37-15)23-19(28)8-6-9-20(23)29)26(36)30-16-11-13-17(14-12-16)31-27-32-21-10-5-4-7-18(21)25(33-27)35(2)3/h4-10,16-17H,11-14H2,1-3H3,(H,30,36)(H,31,32,33). The van der Waals surface area contributed by atoms with Gasteiger partial charge in [-0.1, -0.05) is 35.0 Å². The molecule has 2 N–H and O–H groups in total. The molecule has 37 heavy (non-hydrogen) atoms. The first kappa shape index (κ1) is 25.0. The molecule has 2 aromatic heterocycles. The van der Waals surface area contributed by atoms with Crippen LogP contribution in [0.15, 0.2) is 47.0 Å². The van der Waals surface area contributed by atoms with Crippen molar-refractivity contribution in [3.05, 3.63) is 64.6 Å². The van der Waals surface area contributed by atoms with Crippen LogP contribution in [-0.4, -0.2) is 47.2 Å². The highest BCUT2D eigenvalue weighted by Gasteiger charge is 2.29. The van der Waals surface area contributed by atoms with Gasteiger partial charge < -0.3 is 20.1 Å². The zero-order chi connectivity index (χ0) is 26.1. The number of nitrogens with one attached hydrogen (secondary N) is 2. The summed E-state index contributed by atoms with van der Waals surface area (Å²) in [4.78, 5) is 24.6. The van der Waals surface area contributed by atoms with E-state index in [1.807, 2.05) is 43.3 Å². The summed E-state index contributed by atoms with van der Waals surface area (Å²) in [6.07, 6.45) is 3.23. The molecule has 1 saturated carbocycles. The van der Waals surface area contributed by atoms with Crippen molar-refractivity contribution in [2.24, 2.45) is 0 Å². The predicted molar refractivity (Wildman–Crippen MR) is 143 cm³/mol. The first-order valence-corrected chi connectivity index (χ1v) is 12.6. The minimum absolute atomic E-state index is 0.0290. The highest BCUT2D eigenvalue weighted by atomic mass is 35.5. The van der Waals surface area contributed by atoms with E-state index in [2.05, 4.69) is 15.8 Å². The molecular weight excluding hydrogens is 495 g/mol. The number of aromatic nitrogens is 3. The Balaban J connectivity index is 1.25. The summed E-state index contributed by atoms with van der Waals surface area (Å²) in [5, 5.41) is 11.7. The van der Waals surface area contributed by atoms with Crippen LogP contribution in [0.4, 0.5) is 16.2 Å². The molecule has 2 heterocycles. The molecule has 5 rings (SSSR count). The smallest absolute Gasteiger partial charge is 0.257 e. The van der Waals surface area contributed by atoms with Gasteiger partial charge in [-0.05, 0) is 56.9 Å². The van der Waals surface area contributed by atoms with E-state index in [4.69, 9.17) is 26.1 Å². The van der Waals surface area contributed by atoms with Gasteiger partial charge in [0.25, 0.3) is 5.91 Å². The van der Waals surface area contributed by atoms with Crippen molar-refractivity contribution in [2.45, 2.75) is 44.7 Å². The Morgan fingerprint density at radius 1 is 1.05 bits per heavy atom. The summed E-state index contributed by atoms with van der Waals surface area (Å²) in [6, 6.07) is 12.5. The molecule has 10 heteroatoms. The Kier molecular flexibility index (Phi) is 6.97. The van der Waals surface area contributed by atoms with E-state index in [0.29, 0.717) is 11.7 Å². The van der Waals surface area contributed by atoms with Crippen molar-refractivity contribution in [2.75, 3.05) is 24.3 Å². The van der Waals surface area contributed by atoms with Gasteiger partial charge in [-0.15, -0.1) is 0 Å². The normalized spacial score (nSPS) is 17.5. The van der Waals surface area contributed by atoms with Crippen molar-refractivity contribution in [1.82, 2.24) is 20.4 Å². The maximum absolute atomic E-state index is 14.5. The van der Waals surface area contributed by atoms with E-state index in [1.54, 1.807) is 13.0 Å². The predicted octanol–water partition coefficient (Wildman–Crippen LogP) is 5.60. The van der Waals surface area contributed by atoms with Crippen LogP contribution in [0.2, 0.25) is 5.02 Å². The number of hydrogen-bond acceptors (Lipinski definition) is 7. The Hall–Kier alpha value is -3.72. The van der Waals surface area contributed by atoms with Crippen LogP contribution in [0.25, 0.3) is 22.2 Å². The second-order valence-corrected chi connectivity index (χ2v) is 9.91. The second kappa shape index (κ2) is 10.3. The van der Waals surface area contributed by atoms with Gasteiger partial charge >= 0.3 is 0 Å². The van der Waals surface area contributed by atoms with Crippen molar-refractivity contribution in [1.29, 1.82) is 0 Å². The number of rotatable bonds is 6. The molecule has 1 aliphatic carbocycles. The summed E-state index contributed by atoms with van der Waals surface area (Å²) in [6.45, 7) is 1.63. The third-order valence-electron chi connectivity index (χ3n) is 6.69. The van der Waals surface area contributed by atoms with Crippen LogP contribution >= 0.6 is 11.6 Å². The number of benzene rings is 2. The van der Waals surface area contributed by atoms with Crippen LogP contribution in [0.5, 0.6) is 0 Å². The summed E-state index contributed by atoms with van der Waals surface area (Å²) >= 11 is 6.21. The summed E-state index contributed by atoms with van der Waals surface area (Å²) in [7, 11) is 3.93. The van der Waals surface area contributed by atoms with Crippen LogP contribution in [0.3, 0.4) is 0 Å². The van der Waals surface area contributed by atoms with Gasteiger partial charge in [0.15, 0.2) is 0 Å². The SMILES string of the molecule is Cc1onc(-c2c(F)cccc2Cl)c1C(=O)NC1CCC(Nc2nc(N(C)C)c3ccccc3n2)CC1. The number of anilines is 2. The third-order valence-corrected chi connectivity index (χ3v) is 7.01. The highest BCUT2D eigenvalue weighted by molar-refractivity contribution is 6.33. The Morgan fingerprint density at radius 2 is 1.78 bits per heavy atom. The van der Waals surface area contributed by atoms with E-state index in [1.165, 1.54) is 12.1 Å². The molecule has 1 aliphatic rings. The zero-order valence-electron chi connectivity index (χ0n) is 20.9. The average Bonchev–Trinajstić information content (AvgIpc) is 3.25. The Labute approximate surface area is 219 Å². The number of nitrogens with zero attached hydrogens (tertiary/aromatic N) is 4. The second-order valence-electron chi connectivity index (χ2n) is 9.51. The molecule has 0 atom stereocenters. The van der Waals surface area contributed by atoms with Gasteiger partial charge in [0, 0.05) is 31.6 Å². The van der Waals surface area contributed by atoms with Crippen molar-refractivity contribution >= 4 is 40.2 Å². The molecule has 192 valence electrons. The molecule has 1 amide bonds. The average molecular weight is 523 g/mol. The lowest BCUT2D eigenvalue weighted by atomic mass is 9.91. The van der Waals surface area contributed by atoms with Crippen LogP contribution in [-0.2, 0) is 0 Å². The van der Waals surface area contributed by atoms with Gasteiger partial charge in [0.2, 0.25) is 5.95 Å². The molecule has 2 aromatic carbocycles. The lowest BCUT2D eigenvalue weighted by molar-refractivity contribution is 0.0925. The molecule has 0 spiro atoms. The third kappa shape index (κ3) is 5.09. The first-order chi connectivity index (χ1) is 17.8. The number of carbonyl (C=O) groups excluding carboxylic acids is 1. The van der Waals surface area contributed by atoms with E-state index < -0.39 is 5.82 Å². The number of fused-ring (bicyclic) bond motifs is 1. The Morgan fingerprint density at radius 3 is 2.51 bits per heavy atom. The number of aryl methyl sites for hydroxylation is 1. The fourth-order valence-corrected chi connectivity index (χ4v) is 5.07. The quantitative estimate of drug-likeness (QED) is 0.340. The van der Waals surface area contributed by atoms with Crippen molar-refractivity contribution in [3.63, 3.8) is 0 Å². The van der Waals surface area contributed by atoms with Gasteiger partial charge in [-0.2, -0.15) is 4.98 Å². The van der Waals surface area contributed by atoms with Gasteiger partial charge in [-0.25, -0.2) is 9.37 Å². The van der Waals surface area contributed by atoms with E-state index >= 15 is 0 Å². The Bertz CT molecular complexity index is 1430. The molecule has 0 radical (unpaired) electrons. The van der Waals surface area contributed by atoms with Crippen molar-refractivity contribution in [3.8, 4) is 11.3 Å². The van der Waals surface area contributed by atoms with Crippen molar-refractivity contribution < 1.29 is 13.7 Å². The van der Waals surface area contributed by atoms with E-state index in [9.17, 15) is 9.18 Å².